The van der Waals surface area contributed by atoms with Crippen LogP contribution < -0.4 is 10.9 Å². The van der Waals surface area contributed by atoms with Crippen molar-refractivity contribution in [2.45, 2.75) is 13.5 Å². The summed E-state index contributed by atoms with van der Waals surface area (Å²) in [6, 6.07) is 5.18. The Balaban J connectivity index is 2.06. The van der Waals surface area contributed by atoms with E-state index in [4.69, 9.17) is 0 Å². The summed E-state index contributed by atoms with van der Waals surface area (Å²) in [6.45, 7) is 2.19. The van der Waals surface area contributed by atoms with Crippen LogP contribution in [0.15, 0.2) is 32.8 Å². The van der Waals surface area contributed by atoms with Gasteiger partial charge in [0, 0.05) is 20.4 Å². The average Bonchev–Trinajstić information content (AvgIpc) is 2.72. The van der Waals surface area contributed by atoms with Crippen LogP contribution in [-0.4, -0.2) is 10.9 Å². The molecule has 0 aliphatic carbocycles. The van der Waals surface area contributed by atoms with Gasteiger partial charge in [0.25, 0.3) is 11.5 Å². The molecule has 94 valence electrons. The highest BCUT2D eigenvalue weighted by Crippen LogP contribution is 2.19. The lowest BCUT2D eigenvalue weighted by Gasteiger charge is -2.03. The number of thiophene rings is 1. The third-order valence-electron chi connectivity index (χ3n) is 2.34. The number of nitrogens with one attached hydrogen (secondary N) is 2. The number of hydrogen-bond acceptors (Lipinski definition) is 3. The minimum absolute atomic E-state index is 0.135. The maximum atomic E-state index is 11.8. The molecular formula is C12H11BrN2O2S. The van der Waals surface area contributed by atoms with E-state index in [1.807, 2.05) is 11.4 Å². The van der Waals surface area contributed by atoms with E-state index in [9.17, 15) is 9.59 Å². The fourth-order valence-electron chi connectivity index (χ4n) is 1.46. The Morgan fingerprint density at radius 3 is 2.89 bits per heavy atom. The molecule has 0 aliphatic rings. The molecule has 6 heteroatoms. The van der Waals surface area contributed by atoms with E-state index in [2.05, 4.69) is 26.2 Å². The summed E-state index contributed by atoms with van der Waals surface area (Å²) >= 11 is 4.89. The van der Waals surface area contributed by atoms with Crippen LogP contribution in [-0.2, 0) is 6.54 Å². The second-order valence-electron chi connectivity index (χ2n) is 3.80. The highest BCUT2D eigenvalue weighted by Gasteiger charge is 2.10. The Morgan fingerprint density at radius 2 is 2.28 bits per heavy atom. The van der Waals surface area contributed by atoms with Crippen LogP contribution in [0.3, 0.4) is 0 Å². The van der Waals surface area contributed by atoms with Gasteiger partial charge < -0.3 is 10.3 Å². The lowest BCUT2D eigenvalue weighted by Crippen LogP contribution is -2.29. The summed E-state index contributed by atoms with van der Waals surface area (Å²) in [7, 11) is 0. The first-order chi connectivity index (χ1) is 8.56. The van der Waals surface area contributed by atoms with E-state index in [0.29, 0.717) is 6.54 Å². The van der Waals surface area contributed by atoms with Gasteiger partial charge in [0.05, 0.1) is 6.54 Å². The van der Waals surface area contributed by atoms with E-state index in [1.165, 1.54) is 6.07 Å². The van der Waals surface area contributed by atoms with Crippen molar-refractivity contribution in [1.29, 1.82) is 0 Å². The number of aromatic nitrogens is 1. The monoisotopic (exact) mass is 326 g/mol. The maximum absolute atomic E-state index is 11.8. The van der Waals surface area contributed by atoms with Crippen molar-refractivity contribution in [2.24, 2.45) is 0 Å². The Morgan fingerprint density at radius 1 is 1.50 bits per heavy atom. The zero-order chi connectivity index (χ0) is 13.1. The topological polar surface area (TPSA) is 62.0 Å². The third-order valence-corrected chi connectivity index (χ3v) is 4.04. The minimum Gasteiger partial charge on any atom is -0.347 e. The van der Waals surface area contributed by atoms with E-state index in [1.54, 1.807) is 24.3 Å². The number of carbonyl (C=O) groups is 1. The van der Waals surface area contributed by atoms with Crippen LogP contribution in [0.5, 0.6) is 0 Å². The van der Waals surface area contributed by atoms with Gasteiger partial charge in [0.1, 0.15) is 5.56 Å². The predicted octanol–water partition coefficient (Wildman–Crippen LogP) is 2.44. The maximum Gasteiger partial charge on any atom is 0.260 e. The van der Waals surface area contributed by atoms with Gasteiger partial charge in [-0.3, -0.25) is 9.59 Å². The molecule has 2 aromatic heterocycles. The molecule has 0 radical (unpaired) electrons. The smallest absolute Gasteiger partial charge is 0.260 e. The van der Waals surface area contributed by atoms with Gasteiger partial charge in [0.2, 0.25) is 0 Å². The molecule has 0 bridgehead atoms. The van der Waals surface area contributed by atoms with Crippen LogP contribution in [0.25, 0.3) is 0 Å². The predicted molar refractivity (Wildman–Crippen MR) is 75.0 cm³/mol. The van der Waals surface area contributed by atoms with Gasteiger partial charge in [-0.2, -0.15) is 0 Å². The zero-order valence-corrected chi connectivity index (χ0v) is 12.0. The van der Waals surface area contributed by atoms with Crippen molar-refractivity contribution in [3.63, 3.8) is 0 Å². The number of halogens is 1. The molecule has 18 heavy (non-hydrogen) atoms. The summed E-state index contributed by atoms with van der Waals surface area (Å²) in [5, 5.41) is 4.66. The molecule has 0 atom stereocenters. The zero-order valence-electron chi connectivity index (χ0n) is 9.62. The highest BCUT2D eigenvalue weighted by atomic mass is 79.9. The van der Waals surface area contributed by atoms with Crippen LogP contribution in [0.2, 0.25) is 0 Å². The first kappa shape index (κ1) is 13.0. The van der Waals surface area contributed by atoms with Gasteiger partial charge in [-0.15, -0.1) is 11.3 Å². The quantitative estimate of drug-likeness (QED) is 0.910. The Kier molecular flexibility index (Phi) is 3.98. The van der Waals surface area contributed by atoms with Crippen molar-refractivity contribution < 1.29 is 4.79 Å². The van der Waals surface area contributed by atoms with Gasteiger partial charge >= 0.3 is 0 Å². The van der Waals surface area contributed by atoms with Gasteiger partial charge in [-0.05, 0) is 41.1 Å². The standard InChI is InChI=1S/C12H11BrN2O2S/c1-7-2-3-10(12(17)15-7)11(16)14-5-9-4-8(13)6-18-9/h2-4,6H,5H2,1H3,(H,14,16)(H,15,17). The van der Waals surface area contributed by atoms with Crippen molar-refractivity contribution in [2.75, 3.05) is 0 Å². The molecule has 0 unspecified atom stereocenters. The molecule has 4 nitrogen and oxygen atoms in total. The molecule has 2 heterocycles. The van der Waals surface area contributed by atoms with Crippen molar-refractivity contribution >= 4 is 33.2 Å². The van der Waals surface area contributed by atoms with Crippen LogP contribution in [0.1, 0.15) is 20.9 Å². The largest absolute Gasteiger partial charge is 0.347 e. The molecule has 0 saturated carbocycles. The summed E-state index contributed by atoms with van der Waals surface area (Å²) in [5.41, 5.74) is 0.509. The lowest BCUT2D eigenvalue weighted by molar-refractivity contribution is 0.0950. The highest BCUT2D eigenvalue weighted by molar-refractivity contribution is 9.10. The van der Waals surface area contributed by atoms with Crippen LogP contribution >= 0.6 is 27.3 Å². The van der Waals surface area contributed by atoms with Crippen molar-refractivity contribution in [1.82, 2.24) is 10.3 Å². The first-order valence-corrected chi connectivity index (χ1v) is 6.94. The fourth-order valence-corrected chi connectivity index (χ4v) is 2.85. The number of amides is 1. The normalized spacial score (nSPS) is 10.3. The molecular weight excluding hydrogens is 316 g/mol. The Hall–Kier alpha value is -1.40. The third kappa shape index (κ3) is 3.08. The van der Waals surface area contributed by atoms with Gasteiger partial charge in [-0.25, -0.2) is 0 Å². The number of H-pyrrole nitrogens is 1. The van der Waals surface area contributed by atoms with Crippen molar-refractivity contribution in [3.05, 3.63) is 54.5 Å². The molecule has 0 spiro atoms. The Bertz CT molecular complexity index is 633. The molecule has 2 N–H and O–H groups in total. The lowest BCUT2D eigenvalue weighted by atomic mass is 10.2. The van der Waals surface area contributed by atoms with Crippen molar-refractivity contribution in [3.8, 4) is 0 Å². The molecule has 1 amide bonds. The van der Waals surface area contributed by atoms with Crippen LogP contribution in [0.4, 0.5) is 0 Å². The number of carbonyl (C=O) groups excluding carboxylic acids is 1. The molecule has 2 rings (SSSR count). The first-order valence-electron chi connectivity index (χ1n) is 5.27. The number of hydrogen-bond donors (Lipinski definition) is 2. The van der Waals surface area contributed by atoms with E-state index in [0.717, 1.165) is 15.0 Å². The number of pyridine rings is 1. The molecule has 0 saturated heterocycles. The average molecular weight is 327 g/mol. The second-order valence-corrected chi connectivity index (χ2v) is 5.71. The number of aromatic amines is 1. The molecule has 0 aliphatic heterocycles. The van der Waals surface area contributed by atoms with Crippen LogP contribution in [0, 0.1) is 6.92 Å². The Labute approximate surface area is 116 Å². The number of aryl methyl sites for hydroxylation is 1. The molecule has 0 aromatic carbocycles. The SMILES string of the molecule is Cc1ccc(C(=O)NCc2cc(Br)cs2)c(=O)[nH]1. The van der Waals surface area contributed by atoms with E-state index >= 15 is 0 Å². The minimum atomic E-state index is -0.361. The molecule has 0 fully saturated rings. The summed E-state index contributed by atoms with van der Waals surface area (Å²) in [6.07, 6.45) is 0. The second kappa shape index (κ2) is 5.49. The summed E-state index contributed by atoms with van der Waals surface area (Å²) < 4.78 is 0.991. The number of rotatable bonds is 3. The van der Waals surface area contributed by atoms with Gasteiger partial charge in [-0.1, -0.05) is 0 Å². The van der Waals surface area contributed by atoms with E-state index < -0.39 is 0 Å². The van der Waals surface area contributed by atoms with E-state index in [-0.39, 0.29) is 17.0 Å². The molecule has 2 aromatic rings. The van der Waals surface area contributed by atoms with Gasteiger partial charge in [0.15, 0.2) is 0 Å². The summed E-state index contributed by atoms with van der Waals surface area (Å²) in [5.74, 6) is -0.360. The summed E-state index contributed by atoms with van der Waals surface area (Å²) in [4.78, 5) is 27.0. The fraction of sp³-hybridized carbons (Fsp3) is 0.167.